The lowest BCUT2D eigenvalue weighted by Gasteiger charge is -2.16. The van der Waals surface area contributed by atoms with Gasteiger partial charge >= 0.3 is 0 Å². The lowest BCUT2D eigenvalue weighted by molar-refractivity contribution is 0.102. The van der Waals surface area contributed by atoms with Gasteiger partial charge in [-0.1, -0.05) is 23.3 Å². The van der Waals surface area contributed by atoms with Crippen LogP contribution in [0.3, 0.4) is 0 Å². The molecule has 0 saturated carbocycles. The van der Waals surface area contributed by atoms with Crippen LogP contribution in [0.4, 0.5) is 0 Å². The van der Waals surface area contributed by atoms with Crippen LogP contribution in [0.25, 0.3) is 0 Å². The highest BCUT2D eigenvalue weighted by Gasteiger charge is 2.29. The van der Waals surface area contributed by atoms with Crippen LogP contribution in [0.5, 0.6) is 23.0 Å². The van der Waals surface area contributed by atoms with E-state index in [2.05, 4.69) is 0 Å². The molecule has 0 spiro atoms. The molecule has 0 amide bonds. The minimum atomic E-state index is -0.947. The Kier molecular flexibility index (Phi) is 5.81. The minimum absolute atomic E-state index is 0.0802. The quantitative estimate of drug-likeness (QED) is 0.348. The molecule has 0 radical (unpaired) electrons. The summed E-state index contributed by atoms with van der Waals surface area (Å²) in [4.78, 5) is 24.6. The molecule has 7 heteroatoms. The van der Waals surface area contributed by atoms with E-state index in [-0.39, 0.29) is 34.4 Å². The maximum atomic E-state index is 13.1. The van der Waals surface area contributed by atoms with Crippen LogP contribution in [0.15, 0.2) is 23.8 Å². The molecule has 27 heavy (non-hydrogen) atoms. The zero-order valence-corrected chi connectivity index (χ0v) is 15.8. The van der Waals surface area contributed by atoms with Crippen molar-refractivity contribution in [2.24, 2.45) is 0 Å². The van der Waals surface area contributed by atoms with Crippen molar-refractivity contribution in [2.75, 3.05) is 0 Å². The fourth-order valence-electron chi connectivity index (χ4n) is 2.71. The Morgan fingerprint density at radius 1 is 1.04 bits per heavy atom. The number of carbonyl (C=O) groups is 2. The third kappa shape index (κ3) is 3.75. The summed E-state index contributed by atoms with van der Waals surface area (Å²) in [6.45, 7) is 5.17. The molecule has 6 nitrogen and oxygen atoms in total. The summed E-state index contributed by atoms with van der Waals surface area (Å²) in [5.74, 6) is -3.11. The number of ketones is 1. The number of halogens is 1. The predicted molar refractivity (Wildman–Crippen MR) is 101 cm³/mol. The van der Waals surface area contributed by atoms with Gasteiger partial charge in [-0.3, -0.25) is 9.59 Å². The lowest BCUT2D eigenvalue weighted by Crippen LogP contribution is -2.11. The highest BCUT2D eigenvalue weighted by Crippen LogP contribution is 2.41. The van der Waals surface area contributed by atoms with Crippen LogP contribution >= 0.6 is 11.6 Å². The number of phenolic OH excluding ortho intramolecular Hbond substituents is 4. The molecule has 0 aromatic heterocycles. The van der Waals surface area contributed by atoms with Crippen LogP contribution in [0.1, 0.15) is 51.3 Å². The molecule has 2 rings (SSSR count). The number of benzene rings is 2. The normalized spacial score (nSPS) is 10.5. The van der Waals surface area contributed by atoms with Crippen molar-refractivity contribution in [3.05, 3.63) is 56.6 Å². The Labute approximate surface area is 161 Å². The molecule has 0 aliphatic carbocycles. The zero-order valence-electron chi connectivity index (χ0n) is 15.0. The molecule has 0 fully saturated rings. The van der Waals surface area contributed by atoms with Crippen molar-refractivity contribution in [2.45, 2.75) is 27.2 Å². The average Bonchev–Trinajstić information content (AvgIpc) is 2.58. The summed E-state index contributed by atoms with van der Waals surface area (Å²) in [6, 6.07) is 2.17. The first kappa shape index (κ1) is 20.3. The van der Waals surface area contributed by atoms with E-state index < -0.39 is 34.3 Å². The summed E-state index contributed by atoms with van der Waals surface area (Å²) in [5, 5.41) is 40.5. The molecule has 0 bridgehead atoms. The predicted octanol–water partition coefficient (Wildman–Crippen LogP) is 4.02. The van der Waals surface area contributed by atoms with Gasteiger partial charge < -0.3 is 20.4 Å². The van der Waals surface area contributed by atoms with E-state index in [0.29, 0.717) is 5.56 Å². The van der Waals surface area contributed by atoms with Gasteiger partial charge in [-0.2, -0.15) is 0 Å². The fraction of sp³-hybridized carbons (Fsp3) is 0.200. The summed E-state index contributed by atoms with van der Waals surface area (Å²) in [7, 11) is 0. The minimum Gasteiger partial charge on any atom is -0.507 e. The van der Waals surface area contributed by atoms with Crippen molar-refractivity contribution in [1.82, 2.24) is 0 Å². The molecule has 0 saturated heterocycles. The van der Waals surface area contributed by atoms with Gasteiger partial charge in [0, 0.05) is 17.2 Å². The SMILES string of the molecule is CC(C)=CCc1c(O)cc(O)c(C=O)c1C(=O)c1c(O)cc(C)c(Cl)c1O. The van der Waals surface area contributed by atoms with Gasteiger partial charge in [-0.15, -0.1) is 0 Å². The number of aldehydes is 1. The topological polar surface area (TPSA) is 115 Å². The van der Waals surface area contributed by atoms with E-state index >= 15 is 0 Å². The Morgan fingerprint density at radius 2 is 1.67 bits per heavy atom. The molecule has 0 atom stereocenters. The second-order valence-electron chi connectivity index (χ2n) is 6.36. The molecule has 0 unspecified atom stereocenters. The summed E-state index contributed by atoms with van der Waals surface area (Å²) in [6.07, 6.45) is 2.09. The number of rotatable bonds is 5. The summed E-state index contributed by atoms with van der Waals surface area (Å²) < 4.78 is 0. The fourth-order valence-corrected chi connectivity index (χ4v) is 2.86. The molecule has 2 aromatic carbocycles. The third-order valence-corrected chi connectivity index (χ3v) is 4.59. The van der Waals surface area contributed by atoms with Crippen molar-refractivity contribution in [3.8, 4) is 23.0 Å². The lowest BCUT2D eigenvalue weighted by atomic mass is 9.89. The van der Waals surface area contributed by atoms with Gasteiger partial charge in [0.25, 0.3) is 0 Å². The van der Waals surface area contributed by atoms with Crippen molar-refractivity contribution < 1.29 is 30.0 Å². The molecule has 4 N–H and O–H groups in total. The maximum Gasteiger partial charge on any atom is 0.201 e. The molecule has 0 aliphatic heterocycles. The average molecular weight is 391 g/mol. The molecular weight excluding hydrogens is 372 g/mol. The third-order valence-electron chi connectivity index (χ3n) is 4.12. The zero-order chi connectivity index (χ0) is 20.5. The van der Waals surface area contributed by atoms with E-state index in [0.717, 1.165) is 11.6 Å². The number of carbonyl (C=O) groups excluding carboxylic acids is 2. The Morgan fingerprint density at radius 3 is 2.22 bits per heavy atom. The van der Waals surface area contributed by atoms with Crippen molar-refractivity contribution in [3.63, 3.8) is 0 Å². The number of phenols is 4. The van der Waals surface area contributed by atoms with Gasteiger partial charge in [0.1, 0.15) is 28.6 Å². The van der Waals surface area contributed by atoms with Crippen LogP contribution in [-0.2, 0) is 6.42 Å². The summed E-state index contributed by atoms with van der Waals surface area (Å²) in [5.41, 5.74) is 0.143. The number of aromatic hydroxyl groups is 4. The van der Waals surface area contributed by atoms with E-state index in [1.54, 1.807) is 6.08 Å². The first-order valence-corrected chi connectivity index (χ1v) is 8.40. The first-order valence-electron chi connectivity index (χ1n) is 8.02. The van der Waals surface area contributed by atoms with E-state index in [1.807, 2.05) is 13.8 Å². The van der Waals surface area contributed by atoms with Gasteiger partial charge in [0.2, 0.25) is 5.78 Å². The van der Waals surface area contributed by atoms with E-state index in [4.69, 9.17) is 11.6 Å². The number of aryl methyl sites for hydroxylation is 1. The summed E-state index contributed by atoms with van der Waals surface area (Å²) >= 11 is 5.97. The van der Waals surface area contributed by atoms with Crippen LogP contribution in [0.2, 0.25) is 5.02 Å². The smallest absolute Gasteiger partial charge is 0.201 e. The van der Waals surface area contributed by atoms with Crippen molar-refractivity contribution >= 4 is 23.7 Å². The largest absolute Gasteiger partial charge is 0.507 e. The molecule has 2 aromatic rings. The van der Waals surface area contributed by atoms with Gasteiger partial charge in [0.15, 0.2) is 6.29 Å². The highest BCUT2D eigenvalue weighted by molar-refractivity contribution is 6.34. The number of hydrogen-bond acceptors (Lipinski definition) is 6. The molecular formula is C20H19ClO6. The van der Waals surface area contributed by atoms with Crippen molar-refractivity contribution in [1.29, 1.82) is 0 Å². The second-order valence-corrected chi connectivity index (χ2v) is 6.74. The standard InChI is InChI=1S/C20H19ClO6/c1-9(2)4-5-11-13(23)7-14(24)12(8-22)16(11)19(26)17-15(25)6-10(3)18(21)20(17)27/h4,6-8,23-25,27H,5H2,1-3H3. The Bertz CT molecular complexity index is 971. The van der Waals surface area contributed by atoms with Crippen LogP contribution in [0, 0.1) is 6.92 Å². The monoisotopic (exact) mass is 390 g/mol. The molecule has 0 heterocycles. The second kappa shape index (κ2) is 7.72. The Hall–Kier alpha value is -2.99. The van der Waals surface area contributed by atoms with Gasteiger partial charge in [-0.25, -0.2) is 0 Å². The van der Waals surface area contributed by atoms with E-state index in [9.17, 15) is 30.0 Å². The maximum absolute atomic E-state index is 13.1. The molecule has 0 aliphatic rings. The highest BCUT2D eigenvalue weighted by atomic mass is 35.5. The molecule has 142 valence electrons. The van der Waals surface area contributed by atoms with Gasteiger partial charge in [-0.05, 0) is 38.8 Å². The van der Waals surface area contributed by atoms with Crippen LogP contribution in [-0.4, -0.2) is 32.5 Å². The number of hydrogen-bond donors (Lipinski definition) is 4. The first-order chi connectivity index (χ1) is 12.6. The van der Waals surface area contributed by atoms with Crippen LogP contribution < -0.4 is 0 Å². The number of allylic oxidation sites excluding steroid dienone is 2. The Balaban J connectivity index is 2.85. The van der Waals surface area contributed by atoms with E-state index in [1.165, 1.54) is 13.0 Å². The van der Waals surface area contributed by atoms with Gasteiger partial charge in [0.05, 0.1) is 10.6 Å².